The molecule has 1 amide bonds. The van der Waals surface area contributed by atoms with Crippen LogP contribution in [-0.2, 0) is 20.4 Å². The molecular weight excluding hydrogens is 206 g/mol. The second-order valence-electron chi connectivity index (χ2n) is 3.35. The number of rotatable bonds is 1. The topological polar surface area (TPSA) is 74.7 Å². The number of β-lactam (4-membered cyclic amide) rings is 1. The second kappa shape index (κ2) is 2.91. The molecule has 2 saturated heterocycles. The zero-order chi connectivity index (χ0) is 10.5. The third-order valence-corrected chi connectivity index (χ3v) is 4.14. The Balaban J connectivity index is 2.29. The molecule has 0 aromatic heterocycles. The van der Waals surface area contributed by atoms with Gasteiger partial charge in [-0.3, -0.25) is 9.00 Å². The largest absolute Gasteiger partial charge is 0.480 e. The molecule has 2 fully saturated rings. The monoisotopic (exact) mass is 215 g/mol. The van der Waals surface area contributed by atoms with E-state index in [1.165, 1.54) is 4.90 Å². The second-order valence-corrected chi connectivity index (χ2v) is 5.07. The highest BCUT2D eigenvalue weighted by Gasteiger charge is 2.51. The molecule has 5 nitrogen and oxygen atoms in total. The van der Waals surface area contributed by atoms with Gasteiger partial charge in [-0.15, -0.1) is 0 Å². The Labute approximate surface area is 82.8 Å². The van der Waals surface area contributed by atoms with Gasteiger partial charge in [0.1, 0.15) is 11.4 Å². The number of carbonyl (C=O) groups excluding carboxylic acids is 1. The summed E-state index contributed by atoms with van der Waals surface area (Å²) in [5.74, 6) is -1.29. The van der Waals surface area contributed by atoms with E-state index in [2.05, 4.69) is 6.58 Å². The first kappa shape index (κ1) is 9.39. The van der Waals surface area contributed by atoms with Gasteiger partial charge in [-0.05, 0) is 0 Å². The molecule has 6 heteroatoms. The fourth-order valence-electron chi connectivity index (χ4n) is 1.75. The van der Waals surface area contributed by atoms with Crippen LogP contribution < -0.4 is 0 Å². The lowest BCUT2D eigenvalue weighted by molar-refractivity contribution is -0.158. The Bertz CT molecular complexity index is 356. The minimum absolute atomic E-state index is 0.101. The summed E-state index contributed by atoms with van der Waals surface area (Å²) in [4.78, 5) is 23.6. The van der Waals surface area contributed by atoms with Crippen LogP contribution in [0.1, 0.15) is 12.8 Å². The molecule has 2 unspecified atom stereocenters. The Morgan fingerprint density at radius 3 is 2.71 bits per heavy atom. The Morgan fingerprint density at radius 2 is 2.21 bits per heavy atom. The lowest BCUT2D eigenvalue weighted by atomic mass is 10.1. The van der Waals surface area contributed by atoms with Crippen molar-refractivity contribution in [1.82, 2.24) is 4.90 Å². The summed E-state index contributed by atoms with van der Waals surface area (Å²) in [6, 6.07) is -0.869. The van der Waals surface area contributed by atoms with Crippen molar-refractivity contribution in [3.05, 3.63) is 11.5 Å². The van der Waals surface area contributed by atoms with Gasteiger partial charge in [0.15, 0.2) is 0 Å². The molecule has 0 radical (unpaired) electrons. The predicted octanol–water partition coefficient (Wildman–Crippen LogP) is -0.336. The van der Waals surface area contributed by atoms with Gasteiger partial charge in [0.25, 0.3) is 0 Å². The summed E-state index contributed by atoms with van der Waals surface area (Å²) in [7, 11) is -1.28. The maximum atomic E-state index is 11.5. The fourth-order valence-corrected chi connectivity index (χ4v) is 3.22. The Morgan fingerprint density at radius 1 is 1.57 bits per heavy atom. The van der Waals surface area contributed by atoms with E-state index in [1.54, 1.807) is 0 Å². The van der Waals surface area contributed by atoms with E-state index in [4.69, 9.17) is 5.11 Å². The molecule has 0 aliphatic carbocycles. The van der Waals surface area contributed by atoms with Gasteiger partial charge in [0.05, 0.1) is 17.2 Å². The van der Waals surface area contributed by atoms with Gasteiger partial charge in [-0.25, -0.2) is 4.79 Å². The molecule has 2 aliphatic rings. The van der Waals surface area contributed by atoms with Crippen LogP contribution in [0.5, 0.6) is 0 Å². The van der Waals surface area contributed by atoms with Crippen LogP contribution in [0.3, 0.4) is 0 Å². The van der Waals surface area contributed by atoms with Crippen molar-refractivity contribution in [3.63, 3.8) is 0 Å². The molecule has 0 aromatic carbocycles. The first-order chi connectivity index (χ1) is 6.52. The number of carboxylic acids is 1. The van der Waals surface area contributed by atoms with Gasteiger partial charge in [-0.1, -0.05) is 6.58 Å². The highest BCUT2D eigenvalue weighted by atomic mass is 32.2. The number of aliphatic carboxylic acids is 1. The summed E-state index contributed by atoms with van der Waals surface area (Å²) in [6.45, 7) is 3.57. The third kappa shape index (κ3) is 1.10. The van der Waals surface area contributed by atoms with E-state index in [0.29, 0.717) is 4.91 Å². The van der Waals surface area contributed by atoms with Crippen LogP contribution in [0, 0.1) is 0 Å². The summed E-state index contributed by atoms with van der Waals surface area (Å²) in [5.41, 5.74) is 0. The lowest BCUT2D eigenvalue weighted by Gasteiger charge is -2.46. The molecular formula is C8H9NO4S. The van der Waals surface area contributed by atoms with Crippen molar-refractivity contribution in [3.8, 4) is 0 Å². The molecule has 0 aromatic rings. The average Bonchev–Trinajstić information content (AvgIpc) is 2.09. The third-order valence-electron chi connectivity index (χ3n) is 2.52. The van der Waals surface area contributed by atoms with Crippen molar-refractivity contribution in [2.24, 2.45) is 0 Å². The first-order valence-corrected chi connectivity index (χ1v) is 5.36. The predicted molar refractivity (Wildman–Crippen MR) is 48.6 cm³/mol. The van der Waals surface area contributed by atoms with Gasteiger partial charge in [-0.2, -0.15) is 0 Å². The standard InChI is InChI=1S/C8H9NO4S/c1-4-2-5(8(11)12)9-6(10)3-7(9)14(4)13/h5,7H,1-3H2,(H,11,12)/t5?,7-,14?/m1/s1. The van der Waals surface area contributed by atoms with E-state index in [0.717, 1.165) is 0 Å². The van der Waals surface area contributed by atoms with Crippen molar-refractivity contribution < 1.29 is 18.9 Å². The number of amides is 1. The van der Waals surface area contributed by atoms with Crippen LogP contribution in [0.2, 0.25) is 0 Å². The van der Waals surface area contributed by atoms with Crippen molar-refractivity contribution >= 4 is 22.7 Å². The molecule has 0 saturated carbocycles. The minimum Gasteiger partial charge on any atom is -0.480 e. The van der Waals surface area contributed by atoms with Gasteiger partial charge < -0.3 is 10.0 Å². The molecule has 3 atom stereocenters. The highest BCUT2D eigenvalue weighted by molar-refractivity contribution is 7.89. The average molecular weight is 215 g/mol. The maximum Gasteiger partial charge on any atom is 0.326 e. The molecule has 1 N–H and O–H groups in total. The van der Waals surface area contributed by atoms with Crippen LogP contribution in [0.15, 0.2) is 11.5 Å². The number of hydrogen-bond acceptors (Lipinski definition) is 3. The van der Waals surface area contributed by atoms with Gasteiger partial charge >= 0.3 is 5.97 Å². The van der Waals surface area contributed by atoms with Gasteiger partial charge in [0.2, 0.25) is 5.91 Å². The van der Waals surface area contributed by atoms with E-state index in [1.807, 2.05) is 0 Å². The van der Waals surface area contributed by atoms with Crippen LogP contribution >= 0.6 is 0 Å². The quantitative estimate of drug-likeness (QED) is 0.607. The summed E-state index contributed by atoms with van der Waals surface area (Å²) >= 11 is 0. The summed E-state index contributed by atoms with van der Waals surface area (Å²) in [6.07, 6.45) is 0.277. The number of fused-ring (bicyclic) bond motifs is 1. The number of hydrogen-bond donors (Lipinski definition) is 1. The van der Waals surface area contributed by atoms with E-state index < -0.39 is 28.2 Å². The molecule has 76 valence electrons. The smallest absolute Gasteiger partial charge is 0.326 e. The SMILES string of the molecule is C=C1CC(C(=O)O)N2C(=O)C[C@H]2S1=O. The minimum atomic E-state index is -1.28. The van der Waals surface area contributed by atoms with Crippen LogP contribution in [0.25, 0.3) is 0 Å². The van der Waals surface area contributed by atoms with Crippen LogP contribution in [0.4, 0.5) is 0 Å². The number of carbonyl (C=O) groups is 2. The summed E-state index contributed by atoms with van der Waals surface area (Å²) in [5, 5.41) is 8.39. The van der Waals surface area contributed by atoms with Crippen LogP contribution in [-0.4, -0.2) is 37.5 Å². The van der Waals surface area contributed by atoms with E-state index in [-0.39, 0.29) is 18.7 Å². The van der Waals surface area contributed by atoms with E-state index >= 15 is 0 Å². The number of carboxylic acid groups (broad SMARTS) is 1. The summed E-state index contributed by atoms with van der Waals surface area (Å²) < 4.78 is 11.5. The maximum absolute atomic E-state index is 11.5. The zero-order valence-electron chi connectivity index (χ0n) is 7.30. The van der Waals surface area contributed by atoms with E-state index in [9.17, 15) is 13.8 Å². The molecule has 2 heterocycles. The zero-order valence-corrected chi connectivity index (χ0v) is 8.12. The molecule has 2 aliphatic heterocycles. The van der Waals surface area contributed by atoms with Gasteiger partial charge in [0, 0.05) is 11.3 Å². The van der Waals surface area contributed by atoms with Crippen molar-refractivity contribution in [2.75, 3.05) is 0 Å². The highest BCUT2D eigenvalue weighted by Crippen LogP contribution is 2.35. The first-order valence-electron chi connectivity index (χ1n) is 4.14. The molecule has 0 spiro atoms. The van der Waals surface area contributed by atoms with Crippen molar-refractivity contribution in [1.29, 1.82) is 0 Å². The normalized spacial score (nSPS) is 36.3. The van der Waals surface area contributed by atoms with Crippen molar-refractivity contribution in [2.45, 2.75) is 24.3 Å². The molecule has 14 heavy (non-hydrogen) atoms. The fraction of sp³-hybridized carbons (Fsp3) is 0.500. The molecule has 2 rings (SSSR count). The Kier molecular flexibility index (Phi) is 1.95. The lowest BCUT2D eigenvalue weighted by Crippen LogP contribution is -2.64. The molecule has 0 bridgehead atoms. The Hall–Kier alpha value is -1.17. The number of nitrogens with zero attached hydrogens (tertiary/aromatic N) is 1.